The van der Waals surface area contributed by atoms with Crippen LogP contribution in [0.25, 0.3) is 0 Å². The number of nitrogens with zero attached hydrogens (tertiary/aromatic N) is 1. The molecular formula is C13H24BrNO. The third-order valence-electron chi connectivity index (χ3n) is 4.39. The zero-order valence-corrected chi connectivity index (χ0v) is 11.9. The molecule has 3 atom stereocenters. The third kappa shape index (κ3) is 3.21. The van der Waals surface area contributed by atoms with Crippen molar-refractivity contribution in [3.63, 3.8) is 0 Å². The zero-order valence-electron chi connectivity index (χ0n) is 10.3. The van der Waals surface area contributed by atoms with E-state index in [0.29, 0.717) is 0 Å². The topological polar surface area (TPSA) is 12.5 Å². The van der Waals surface area contributed by atoms with Gasteiger partial charge in [-0.05, 0) is 37.0 Å². The van der Waals surface area contributed by atoms with Crippen LogP contribution in [0.4, 0.5) is 0 Å². The maximum atomic E-state index is 5.19. The van der Waals surface area contributed by atoms with Crippen LogP contribution in [0.15, 0.2) is 0 Å². The number of halogens is 1. The van der Waals surface area contributed by atoms with Gasteiger partial charge in [-0.1, -0.05) is 22.4 Å². The highest BCUT2D eigenvalue weighted by atomic mass is 79.9. The van der Waals surface area contributed by atoms with E-state index in [1.165, 1.54) is 32.2 Å². The molecule has 2 bridgehead atoms. The minimum atomic E-state index is 0.869. The van der Waals surface area contributed by atoms with Crippen LogP contribution in [0, 0.1) is 17.8 Å². The normalized spacial score (nSPS) is 32.8. The zero-order chi connectivity index (χ0) is 11.4. The van der Waals surface area contributed by atoms with Gasteiger partial charge >= 0.3 is 0 Å². The van der Waals surface area contributed by atoms with Crippen molar-refractivity contribution in [2.45, 2.75) is 25.7 Å². The van der Waals surface area contributed by atoms with Crippen LogP contribution in [-0.4, -0.2) is 43.6 Å². The van der Waals surface area contributed by atoms with Gasteiger partial charge in [0.1, 0.15) is 0 Å². The van der Waals surface area contributed by atoms with Gasteiger partial charge in [0.05, 0.1) is 6.61 Å². The van der Waals surface area contributed by atoms with E-state index in [9.17, 15) is 0 Å². The molecule has 3 heteroatoms. The Labute approximate surface area is 108 Å². The van der Waals surface area contributed by atoms with Crippen LogP contribution < -0.4 is 0 Å². The monoisotopic (exact) mass is 289 g/mol. The largest absolute Gasteiger partial charge is 0.383 e. The summed E-state index contributed by atoms with van der Waals surface area (Å²) in [5, 5.41) is 1.08. The molecule has 0 aromatic rings. The van der Waals surface area contributed by atoms with Gasteiger partial charge < -0.3 is 4.74 Å². The van der Waals surface area contributed by atoms with E-state index in [0.717, 1.165) is 42.8 Å². The molecule has 0 heterocycles. The van der Waals surface area contributed by atoms with Crippen molar-refractivity contribution in [1.29, 1.82) is 0 Å². The molecule has 2 saturated carbocycles. The maximum absolute atomic E-state index is 5.19. The van der Waals surface area contributed by atoms with Crippen molar-refractivity contribution >= 4 is 15.9 Å². The van der Waals surface area contributed by atoms with Crippen molar-refractivity contribution in [2.75, 3.05) is 38.7 Å². The summed E-state index contributed by atoms with van der Waals surface area (Å²) in [5.41, 5.74) is 0. The van der Waals surface area contributed by atoms with E-state index in [-0.39, 0.29) is 0 Å². The first-order valence-electron chi connectivity index (χ1n) is 6.60. The molecular weight excluding hydrogens is 266 g/mol. The van der Waals surface area contributed by atoms with Gasteiger partial charge in [-0.3, -0.25) is 4.90 Å². The summed E-state index contributed by atoms with van der Waals surface area (Å²) < 4.78 is 5.19. The fourth-order valence-electron chi connectivity index (χ4n) is 3.57. The van der Waals surface area contributed by atoms with Crippen molar-refractivity contribution in [2.24, 2.45) is 17.8 Å². The first kappa shape index (κ1) is 12.8. The number of fused-ring (bicyclic) bond motifs is 2. The molecule has 0 spiro atoms. The molecule has 94 valence electrons. The summed E-state index contributed by atoms with van der Waals surface area (Å²) in [6.07, 6.45) is 6.03. The van der Waals surface area contributed by atoms with Crippen LogP contribution in [0.5, 0.6) is 0 Å². The van der Waals surface area contributed by atoms with Crippen LogP contribution in [-0.2, 0) is 4.74 Å². The summed E-state index contributed by atoms with van der Waals surface area (Å²) in [4.78, 5) is 2.57. The number of hydrogen-bond donors (Lipinski definition) is 0. The second-order valence-electron chi connectivity index (χ2n) is 5.42. The molecule has 2 fully saturated rings. The molecule has 2 rings (SSSR count). The van der Waals surface area contributed by atoms with Gasteiger partial charge in [-0.25, -0.2) is 0 Å². The summed E-state index contributed by atoms with van der Waals surface area (Å²) in [5.74, 6) is 3.10. The first-order chi connectivity index (χ1) is 7.83. The summed E-state index contributed by atoms with van der Waals surface area (Å²) in [6, 6.07) is 0. The quantitative estimate of drug-likeness (QED) is 0.669. The molecule has 0 aliphatic heterocycles. The minimum absolute atomic E-state index is 0.869. The second-order valence-corrected chi connectivity index (χ2v) is 6.21. The van der Waals surface area contributed by atoms with Gasteiger partial charge in [0.2, 0.25) is 0 Å². The Balaban J connectivity index is 1.76. The number of alkyl halides is 1. The van der Waals surface area contributed by atoms with E-state index in [2.05, 4.69) is 20.8 Å². The molecule has 2 aliphatic rings. The van der Waals surface area contributed by atoms with Gasteiger partial charge in [0.25, 0.3) is 0 Å². The Morgan fingerprint density at radius 2 is 2.12 bits per heavy atom. The fourth-order valence-corrected chi connectivity index (χ4v) is 4.07. The van der Waals surface area contributed by atoms with E-state index in [1.807, 2.05) is 0 Å². The SMILES string of the molecule is COCCN(CCBr)CC1CC2CCC1C2. The number of hydrogen-bond acceptors (Lipinski definition) is 2. The van der Waals surface area contributed by atoms with E-state index < -0.39 is 0 Å². The van der Waals surface area contributed by atoms with E-state index >= 15 is 0 Å². The molecule has 3 unspecified atom stereocenters. The highest BCUT2D eigenvalue weighted by molar-refractivity contribution is 9.09. The Kier molecular flexibility index (Phi) is 5.11. The lowest BCUT2D eigenvalue weighted by Gasteiger charge is -2.29. The highest BCUT2D eigenvalue weighted by Crippen LogP contribution is 2.48. The molecule has 0 N–H and O–H groups in total. The van der Waals surface area contributed by atoms with Crippen LogP contribution in [0.3, 0.4) is 0 Å². The summed E-state index contributed by atoms with van der Waals surface area (Å²) in [6.45, 7) is 4.43. The molecule has 2 nitrogen and oxygen atoms in total. The lowest BCUT2D eigenvalue weighted by molar-refractivity contribution is 0.130. The predicted octanol–water partition coefficient (Wildman–Crippen LogP) is 2.77. The van der Waals surface area contributed by atoms with Crippen molar-refractivity contribution in [3.8, 4) is 0 Å². The number of methoxy groups -OCH3 is 1. The van der Waals surface area contributed by atoms with Crippen LogP contribution in [0.1, 0.15) is 25.7 Å². The van der Waals surface area contributed by atoms with Crippen molar-refractivity contribution in [3.05, 3.63) is 0 Å². The van der Waals surface area contributed by atoms with Gasteiger partial charge in [-0.15, -0.1) is 0 Å². The second kappa shape index (κ2) is 6.36. The van der Waals surface area contributed by atoms with E-state index in [1.54, 1.807) is 7.11 Å². The molecule has 16 heavy (non-hydrogen) atoms. The third-order valence-corrected chi connectivity index (χ3v) is 4.74. The number of ether oxygens (including phenoxy) is 1. The average molecular weight is 290 g/mol. The Morgan fingerprint density at radius 1 is 1.25 bits per heavy atom. The lowest BCUT2D eigenvalue weighted by atomic mass is 9.88. The Hall–Kier alpha value is 0.400. The molecule has 0 aromatic carbocycles. The Morgan fingerprint density at radius 3 is 2.69 bits per heavy atom. The summed E-state index contributed by atoms with van der Waals surface area (Å²) in [7, 11) is 1.80. The van der Waals surface area contributed by atoms with Gasteiger partial charge in [0, 0.05) is 32.1 Å². The molecule has 0 amide bonds. The Bertz CT molecular complexity index is 212. The van der Waals surface area contributed by atoms with Crippen molar-refractivity contribution in [1.82, 2.24) is 4.90 Å². The van der Waals surface area contributed by atoms with Crippen molar-refractivity contribution < 1.29 is 4.74 Å². The van der Waals surface area contributed by atoms with Crippen LogP contribution >= 0.6 is 15.9 Å². The standard InChI is InChI=1S/C13H24BrNO/c1-16-7-6-15(5-4-14)10-13-9-11-2-3-12(13)8-11/h11-13H,2-10H2,1H3. The summed E-state index contributed by atoms with van der Waals surface area (Å²) >= 11 is 3.55. The number of rotatable bonds is 7. The molecule has 2 aliphatic carbocycles. The average Bonchev–Trinajstić information content (AvgIpc) is 2.88. The fraction of sp³-hybridized carbons (Fsp3) is 1.00. The maximum Gasteiger partial charge on any atom is 0.0589 e. The smallest absolute Gasteiger partial charge is 0.0589 e. The van der Waals surface area contributed by atoms with Gasteiger partial charge in [-0.2, -0.15) is 0 Å². The molecule has 0 aromatic heterocycles. The lowest BCUT2D eigenvalue weighted by Crippen LogP contribution is -2.35. The molecule has 0 radical (unpaired) electrons. The van der Waals surface area contributed by atoms with Gasteiger partial charge in [0.15, 0.2) is 0 Å². The minimum Gasteiger partial charge on any atom is -0.383 e. The van der Waals surface area contributed by atoms with E-state index in [4.69, 9.17) is 4.74 Å². The first-order valence-corrected chi connectivity index (χ1v) is 7.73. The highest BCUT2D eigenvalue weighted by Gasteiger charge is 2.39. The van der Waals surface area contributed by atoms with Crippen LogP contribution in [0.2, 0.25) is 0 Å². The molecule has 0 saturated heterocycles. The predicted molar refractivity (Wildman–Crippen MR) is 71.0 cm³/mol.